The molecule has 1 aromatic carbocycles. The number of carbonyl (C=O) groups excluding carboxylic acids is 2. The van der Waals surface area contributed by atoms with E-state index in [1.54, 1.807) is 19.1 Å². The van der Waals surface area contributed by atoms with Crippen molar-refractivity contribution in [2.45, 2.75) is 38.5 Å². The monoisotopic (exact) mass is 395 g/mol. The molecule has 7 heteroatoms. The summed E-state index contributed by atoms with van der Waals surface area (Å²) in [5.74, 6) is 0.281. The Bertz CT molecular complexity index is 956. The van der Waals surface area contributed by atoms with Gasteiger partial charge in [-0.2, -0.15) is 0 Å². The molecular weight excluding hydrogens is 370 g/mol. The second kappa shape index (κ2) is 8.11. The summed E-state index contributed by atoms with van der Waals surface area (Å²) < 4.78 is 7.05. The van der Waals surface area contributed by atoms with Gasteiger partial charge in [-0.15, -0.1) is 0 Å². The van der Waals surface area contributed by atoms with Crippen molar-refractivity contribution in [1.82, 2.24) is 14.8 Å². The number of hydrogen-bond acceptors (Lipinski definition) is 4. The van der Waals surface area contributed by atoms with Crippen LogP contribution in [0.1, 0.15) is 30.5 Å². The van der Waals surface area contributed by atoms with Crippen LogP contribution < -0.4 is 10.9 Å². The molecule has 1 saturated heterocycles. The first-order valence-corrected chi connectivity index (χ1v) is 9.97. The summed E-state index contributed by atoms with van der Waals surface area (Å²) in [5, 5.41) is 2.63. The molecule has 3 atom stereocenters. The maximum Gasteiger partial charge on any atom is 0.408 e. The van der Waals surface area contributed by atoms with Crippen molar-refractivity contribution >= 4 is 12.0 Å². The number of nitrogens with zero attached hydrogens (tertiary/aromatic N) is 2. The third kappa shape index (κ3) is 4.18. The van der Waals surface area contributed by atoms with E-state index in [1.807, 2.05) is 45.9 Å². The largest absolute Gasteiger partial charge is 0.445 e. The van der Waals surface area contributed by atoms with Crippen LogP contribution in [-0.4, -0.2) is 40.6 Å². The lowest BCUT2D eigenvalue weighted by Gasteiger charge is -2.43. The predicted octanol–water partition coefficient (Wildman–Crippen LogP) is 2.11. The molecule has 4 rings (SSSR count). The number of carbonyl (C=O) groups is 2. The van der Waals surface area contributed by atoms with E-state index in [0.29, 0.717) is 19.6 Å². The normalized spacial score (nSPS) is 21.1. The van der Waals surface area contributed by atoms with Crippen LogP contribution in [0.3, 0.4) is 0 Å². The molecule has 2 bridgehead atoms. The topological polar surface area (TPSA) is 80.6 Å². The molecule has 2 amide bonds. The van der Waals surface area contributed by atoms with Gasteiger partial charge in [0, 0.05) is 37.3 Å². The minimum atomic E-state index is -0.671. The zero-order chi connectivity index (χ0) is 20.4. The number of ether oxygens (including phenoxy) is 1. The van der Waals surface area contributed by atoms with Crippen LogP contribution >= 0.6 is 0 Å². The molecule has 0 radical (unpaired) electrons. The lowest BCUT2D eigenvalue weighted by atomic mass is 9.83. The Hall–Kier alpha value is -3.09. The molecule has 29 heavy (non-hydrogen) atoms. The van der Waals surface area contributed by atoms with Crippen molar-refractivity contribution in [2.24, 2.45) is 5.92 Å². The maximum atomic E-state index is 12.9. The highest BCUT2D eigenvalue weighted by molar-refractivity contribution is 5.85. The molecule has 2 aromatic rings. The highest BCUT2D eigenvalue weighted by atomic mass is 16.5. The Labute approximate surface area is 169 Å². The first-order chi connectivity index (χ1) is 14.0. The summed E-state index contributed by atoms with van der Waals surface area (Å²) in [4.78, 5) is 38.9. The number of benzene rings is 1. The number of fused-ring (bicyclic) bond motifs is 4. The first kappa shape index (κ1) is 19.2. The summed E-state index contributed by atoms with van der Waals surface area (Å²) in [7, 11) is 0. The van der Waals surface area contributed by atoms with Gasteiger partial charge in [0.15, 0.2) is 0 Å². The van der Waals surface area contributed by atoms with Crippen LogP contribution in [0.5, 0.6) is 0 Å². The van der Waals surface area contributed by atoms with Gasteiger partial charge in [0.25, 0.3) is 5.56 Å². The van der Waals surface area contributed by atoms with Crippen molar-refractivity contribution in [2.75, 3.05) is 13.1 Å². The average molecular weight is 395 g/mol. The van der Waals surface area contributed by atoms with Gasteiger partial charge >= 0.3 is 6.09 Å². The number of pyridine rings is 1. The second-order valence-electron chi connectivity index (χ2n) is 7.87. The van der Waals surface area contributed by atoms with Gasteiger partial charge in [0.05, 0.1) is 0 Å². The number of amides is 2. The number of aromatic nitrogens is 1. The number of piperidine rings is 1. The number of alkyl carbamates (subject to hydrolysis) is 1. The predicted molar refractivity (Wildman–Crippen MR) is 107 cm³/mol. The summed E-state index contributed by atoms with van der Waals surface area (Å²) in [6.45, 7) is 3.63. The van der Waals surface area contributed by atoms with Gasteiger partial charge in [-0.25, -0.2) is 4.79 Å². The Kier molecular flexibility index (Phi) is 5.38. The fourth-order valence-electron chi connectivity index (χ4n) is 4.35. The molecule has 1 aromatic heterocycles. The lowest BCUT2D eigenvalue weighted by molar-refractivity contribution is -0.135. The number of nitrogens with one attached hydrogen (secondary N) is 1. The molecule has 0 aliphatic carbocycles. The van der Waals surface area contributed by atoms with Gasteiger partial charge < -0.3 is 19.5 Å². The van der Waals surface area contributed by atoms with E-state index >= 15 is 0 Å². The van der Waals surface area contributed by atoms with Gasteiger partial charge in [-0.05, 0) is 30.9 Å². The quantitative estimate of drug-likeness (QED) is 0.860. The highest BCUT2D eigenvalue weighted by Crippen LogP contribution is 2.35. The van der Waals surface area contributed by atoms with Crippen molar-refractivity contribution < 1.29 is 14.3 Å². The molecule has 2 aliphatic rings. The zero-order valence-electron chi connectivity index (χ0n) is 16.4. The molecule has 3 unspecified atom stereocenters. The van der Waals surface area contributed by atoms with Gasteiger partial charge in [-0.3, -0.25) is 9.59 Å². The molecule has 152 valence electrons. The average Bonchev–Trinajstić information content (AvgIpc) is 2.73. The molecule has 0 spiro atoms. The van der Waals surface area contributed by atoms with Crippen molar-refractivity contribution in [3.63, 3.8) is 0 Å². The van der Waals surface area contributed by atoms with E-state index in [4.69, 9.17) is 4.74 Å². The van der Waals surface area contributed by atoms with E-state index in [0.717, 1.165) is 17.7 Å². The Balaban J connectivity index is 1.35. The van der Waals surface area contributed by atoms with Gasteiger partial charge in [-0.1, -0.05) is 36.4 Å². The molecule has 3 heterocycles. The summed E-state index contributed by atoms with van der Waals surface area (Å²) in [5.41, 5.74) is 1.90. The maximum absolute atomic E-state index is 12.9. The fourth-order valence-corrected chi connectivity index (χ4v) is 4.35. The van der Waals surface area contributed by atoms with E-state index in [9.17, 15) is 14.4 Å². The van der Waals surface area contributed by atoms with Crippen LogP contribution in [-0.2, 0) is 22.7 Å². The van der Waals surface area contributed by atoms with Gasteiger partial charge in [0.1, 0.15) is 12.6 Å². The van der Waals surface area contributed by atoms with E-state index in [1.165, 1.54) is 0 Å². The zero-order valence-corrected chi connectivity index (χ0v) is 16.4. The fraction of sp³-hybridized carbons (Fsp3) is 0.409. The lowest BCUT2D eigenvalue weighted by Crippen LogP contribution is -2.54. The molecule has 1 fully saturated rings. The molecule has 2 aliphatic heterocycles. The SMILES string of the molecule is CC(NC(=O)OCc1ccccc1)C(=O)N1CC2CC(C1)c1cccc(=O)n1C2. The number of likely N-dealkylation sites (tertiary alicyclic amines) is 1. The Morgan fingerprint density at radius 2 is 1.90 bits per heavy atom. The second-order valence-corrected chi connectivity index (χ2v) is 7.87. The molecular formula is C22H25N3O4. The van der Waals surface area contributed by atoms with Crippen molar-refractivity contribution in [3.05, 3.63) is 70.1 Å². The van der Waals surface area contributed by atoms with E-state index < -0.39 is 12.1 Å². The molecule has 7 nitrogen and oxygen atoms in total. The van der Waals surface area contributed by atoms with Crippen molar-refractivity contribution in [1.29, 1.82) is 0 Å². The van der Waals surface area contributed by atoms with Crippen LogP contribution in [0.2, 0.25) is 0 Å². The van der Waals surface area contributed by atoms with E-state index in [-0.39, 0.29) is 29.9 Å². The number of hydrogen-bond donors (Lipinski definition) is 1. The van der Waals surface area contributed by atoms with Crippen LogP contribution in [0, 0.1) is 5.92 Å². The minimum absolute atomic E-state index is 0.0215. The minimum Gasteiger partial charge on any atom is -0.445 e. The summed E-state index contributed by atoms with van der Waals surface area (Å²) >= 11 is 0. The third-order valence-corrected chi connectivity index (χ3v) is 5.71. The van der Waals surface area contributed by atoms with Gasteiger partial charge in [0.2, 0.25) is 5.91 Å². The Morgan fingerprint density at radius 1 is 1.10 bits per heavy atom. The highest BCUT2D eigenvalue weighted by Gasteiger charge is 2.37. The standard InChI is InChI=1S/C22H25N3O4/c1-15(23-22(28)29-14-16-6-3-2-4-7-16)21(27)24-11-17-10-18(13-24)19-8-5-9-20(26)25(19)12-17/h2-9,15,17-18H,10-14H2,1H3,(H,23,28). The summed E-state index contributed by atoms with van der Waals surface area (Å²) in [6, 6.07) is 14.1. The summed E-state index contributed by atoms with van der Waals surface area (Å²) in [6.07, 6.45) is 0.373. The third-order valence-electron chi connectivity index (χ3n) is 5.71. The molecule has 0 saturated carbocycles. The first-order valence-electron chi connectivity index (χ1n) is 9.97. The molecule has 1 N–H and O–H groups in total. The number of rotatable bonds is 4. The van der Waals surface area contributed by atoms with E-state index in [2.05, 4.69) is 5.32 Å². The van der Waals surface area contributed by atoms with Crippen LogP contribution in [0.25, 0.3) is 0 Å². The Morgan fingerprint density at radius 3 is 2.69 bits per heavy atom. The van der Waals surface area contributed by atoms with Crippen LogP contribution in [0.15, 0.2) is 53.3 Å². The van der Waals surface area contributed by atoms with Crippen LogP contribution in [0.4, 0.5) is 4.79 Å². The smallest absolute Gasteiger partial charge is 0.408 e. The van der Waals surface area contributed by atoms with Crippen molar-refractivity contribution in [3.8, 4) is 0 Å².